The van der Waals surface area contributed by atoms with E-state index < -0.39 is 41.2 Å². The highest BCUT2D eigenvalue weighted by Crippen LogP contribution is 2.45. The van der Waals surface area contributed by atoms with Crippen molar-refractivity contribution < 1.29 is 44.3 Å². The van der Waals surface area contributed by atoms with Crippen LogP contribution in [-0.4, -0.2) is 148 Å². The van der Waals surface area contributed by atoms with Crippen LogP contribution in [0, 0.1) is 11.3 Å². The topological polar surface area (TPSA) is 208 Å². The van der Waals surface area contributed by atoms with Crippen molar-refractivity contribution in [3.8, 4) is 0 Å². The van der Waals surface area contributed by atoms with Crippen LogP contribution in [0.1, 0.15) is 142 Å². The number of aromatic nitrogens is 2. The van der Waals surface area contributed by atoms with E-state index in [2.05, 4.69) is 42.7 Å². The lowest BCUT2D eigenvalue weighted by Gasteiger charge is -2.40. The third kappa shape index (κ3) is 15.4. The average Bonchev–Trinajstić information content (AvgIpc) is 4.05. The monoisotopic (exact) mass is 958 g/mol. The van der Waals surface area contributed by atoms with Crippen LogP contribution < -0.4 is 21.3 Å². The second kappa shape index (κ2) is 28.7. The zero-order valence-electron chi connectivity index (χ0n) is 42.6. The van der Waals surface area contributed by atoms with Gasteiger partial charge in [0.15, 0.2) is 5.78 Å². The molecular formula is C51H91N9O8. The summed E-state index contributed by atoms with van der Waals surface area (Å²) in [5, 5.41) is 20.2. The van der Waals surface area contributed by atoms with E-state index in [1.54, 1.807) is 0 Å². The molecule has 2 aromatic rings. The molecule has 17 nitrogen and oxygen atoms in total. The van der Waals surface area contributed by atoms with Gasteiger partial charge in [-0.05, 0) is 50.0 Å². The van der Waals surface area contributed by atoms with Gasteiger partial charge in [-0.2, -0.15) is 0 Å². The van der Waals surface area contributed by atoms with Crippen molar-refractivity contribution in [3.05, 3.63) is 72.8 Å². The zero-order chi connectivity index (χ0) is 50.4. The summed E-state index contributed by atoms with van der Waals surface area (Å²) in [6, 6.07) is 7.06. The SMILES string of the molecule is C=CCO.CC.CCCC(NC(=O)[C@@H]1CC2(CN1COC[C@@H](NC(=O)[C@@H](NC(=O)c1cnccn1)C(CC)CC)C(C)(C)C)N(CC)C(=O)C1CCCN12)C(=O)COCN[C@@H](C)c1ccccc1.[HH].[HH].[HH].[HH]. The molecule has 1 aromatic carbocycles. The Kier molecular flexibility index (Phi) is 24.4. The molecule has 3 aliphatic heterocycles. The smallest absolute Gasteiger partial charge is 0.272 e. The van der Waals surface area contributed by atoms with Crippen LogP contribution in [0.15, 0.2) is 61.6 Å². The summed E-state index contributed by atoms with van der Waals surface area (Å²) >= 11 is 0. The predicted octanol–water partition coefficient (Wildman–Crippen LogP) is 5.97. The molecule has 3 unspecified atom stereocenters. The van der Waals surface area contributed by atoms with Crippen molar-refractivity contribution in [2.75, 3.05) is 52.9 Å². The van der Waals surface area contributed by atoms with Crippen molar-refractivity contribution in [3.63, 3.8) is 0 Å². The molecule has 17 heteroatoms. The van der Waals surface area contributed by atoms with E-state index >= 15 is 0 Å². The van der Waals surface area contributed by atoms with Gasteiger partial charge < -0.3 is 35.4 Å². The summed E-state index contributed by atoms with van der Waals surface area (Å²) in [5.74, 6) is -1.35. The maximum atomic E-state index is 14.5. The van der Waals surface area contributed by atoms with E-state index in [-0.39, 0.29) is 86.2 Å². The third-order valence-electron chi connectivity index (χ3n) is 13.1. The Bertz CT molecular complexity index is 1890. The van der Waals surface area contributed by atoms with E-state index in [9.17, 15) is 24.0 Å². The number of ether oxygens (including phenoxy) is 2. The molecule has 5 N–H and O–H groups in total. The Hall–Kier alpha value is -4.65. The highest BCUT2D eigenvalue weighted by molar-refractivity contribution is 5.96. The number of carbonyl (C=O) groups excluding carboxylic acids is 5. The van der Waals surface area contributed by atoms with Crippen molar-refractivity contribution in [1.82, 2.24) is 45.9 Å². The van der Waals surface area contributed by atoms with Crippen LogP contribution >= 0.6 is 0 Å². The molecule has 0 aliphatic carbocycles. The molecule has 388 valence electrons. The first-order valence-corrected chi connectivity index (χ1v) is 24.8. The number of likely N-dealkylation sites (N-methyl/N-ethyl adjacent to an activating group) is 1. The number of hydrogen-bond donors (Lipinski definition) is 5. The normalized spacial score (nSPS) is 20.9. The highest BCUT2D eigenvalue weighted by Gasteiger charge is 2.63. The Labute approximate surface area is 411 Å². The minimum absolute atomic E-state index is 0. The van der Waals surface area contributed by atoms with E-state index in [1.807, 2.05) is 109 Å². The Morgan fingerprint density at radius 3 is 2.31 bits per heavy atom. The first-order chi connectivity index (χ1) is 32.6. The summed E-state index contributed by atoms with van der Waals surface area (Å²) in [5.41, 5.74) is 0.0858. The quantitative estimate of drug-likeness (QED) is 0.0468. The third-order valence-corrected chi connectivity index (χ3v) is 13.1. The van der Waals surface area contributed by atoms with Gasteiger partial charge in [0, 0.05) is 50.2 Å². The molecule has 5 rings (SSSR count). The summed E-state index contributed by atoms with van der Waals surface area (Å²) in [7, 11) is 0. The summed E-state index contributed by atoms with van der Waals surface area (Å²) in [6.07, 6.45) is 10.2. The molecule has 3 fully saturated rings. The van der Waals surface area contributed by atoms with Crippen molar-refractivity contribution in [2.45, 2.75) is 156 Å². The van der Waals surface area contributed by atoms with Gasteiger partial charge in [0.2, 0.25) is 17.7 Å². The number of hydrogen-bond acceptors (Lipinski definition) is 13. The fraction of sp³-hybridized carbons (Fsp3) is 0.667. The number of nitrogens with zero attached hydrogens (tertiary/aromatic N) is 5. The number of benzene rings is 1. The number of fused-ring (bicyclic) bond motifs is 2. The highest BCUT2D eigenvalue weighted by atomic mass is 16.5. The van der Waals surface area contributed by atoms with Gasteiger partial charge >= 0.3 is 0 Å². The van der Waals surface area contributed by atoms with Crippen molar-refractivity contribution in [2.24, 2.45) is 11.3 Å². The summed E-state index contributed by atoms with van der Waals surface area (Å²) in [4.78, 5) is 83.4. The van der Waals surface area contributed by atoms with Gasteiger partial charge in [0.25, 0.3) is 5.91 Å². The number of likely N-dealkylation sites (tertiary alicyclic amines) is 1. The predicted molar refractivity (Wildman–Crippen MR) is 272 cm³/mol. The first-order valence-electron chi connectivity index (χ1n) is 24.8. The second-order valence-corrected chi connectivity index (χ2v) is 18.5. The summed E-state index contributed by atoms with van der Waals surface area (Å²) < 4.78 is 12.2. The fourth-order valence-corrected chi connectivity index (χ4v) is 9.26. The van der Waals surface area contributed by atoms with Crippen molar-refractivity contribution in [1.29, 1.82) is 0 Å². The molecule has 3 saturated heterocycles. The lowest BCUT2D eigenvalue weighted by atomic mass is 9.86. The maximum Gasteiger partial charge on any atom is 0.272 e. The van der Waals surface area contributed by atoms with Gasteiger partial charge in [-0.25, -0.2) is 4.98 Å². The molecule has 68 heavy (non-hydrogen) atoms. The fourth-order valence-electron chi connectivity index (χ4n) is 9.26. The number of carbonyl (C=O) groups is 5. The molecule has 4 heterocycles. The van der Waals surface area contributed by atoms with Gasteiger partial charge in [-0.15, -0.1) is 6.58 Å². The van der Waals surface area contributed by atoms with Crippen LogP contribution in [0.2, 0.25) is 0 Å². The lowest BCUT2D eigenvalue weighted by Crippen LogP contribution is -2.57. The van der Waals surface area contributed by atoms with Crippen LogP contribution in [0.4, 0.5) is 0 Å². The molecular weight excluding hydrogens is 867 g/mol. The number of Topliss-reactive ketones (excluding diaryl/α,β-unsaturated/α-hetero) is 1. The average molecular weight is 958 g/mol. The zero-order valence-corrected chi connectivity index (χ0v) is 42.6. The number of aliphatic hydroxyl groups excluding tert-OH is 1. The molecule has 3 aliphatic rings. The van der Waals surface area contributed by atoms with Crippen LogP contribution in [0.5, 0.6) is 0 Å². The van der Waals surface area contributed by atoms with Gasteiger partial charge in [0.1, 0.15) is 24.0 Å². The largest absolute Gasteiger partial charge is 0.392 e. The van der Waals surface area contributed by atoms with Crippen LogP contribution in [0.3, 0.4) is 0 Å². The molecule has 1 aromatic heterocycles. The second-order valence-electron chi connectivity index (χ2n) is 18.5. The van der Waals surface area contributed by atoms with E-state index in [0.717, 1.165) is 24.9 Å². The minimum atomic E-state index is -0.817. The van der Waals surface area contributed by atoms with E-state index in [0.29, 0.717) is 45.2 Å². The minimum Gasteiger partial charge on any atom is -0.392 e. The number of aliphatic hydroxyl groups is 1. The molecule has 0 radical (unpaired) electrons. The van der Waals surface area contributed by atoms with Crippen LogP contribution in [0.25, 0.3) is 0 Å². The Morgan fingerprint density at radius 1 is 1.03 bits per heavy atom. The van der Waals surface area contributed by atoms with E-state index in [1.165, 1.54) is 24.7 Å². The first kappa shape index (κ1) is 57.7. The number of ketones is 1. The Balaban J connectivity index is 0. The van der Waals surface area contributed by atoms with E-state index in [4.69, 9.17) is 14.6 Å². The number of amides is 4. The summed E-state index contributed by atoms with van der Waals surface area (Å²) in [6.45, 7) is 25.1. The van der Waals surface area contributed by atoms with Crippen LogP contribution in [-0.2, 0) is 28.7 Å². The lowest BCUT2D eigenvalue weighted by molar-refractivity contribution is -0.134. The molecule has 0 bridgehead atoms. The Morgan fingerprint density at radius 2 is 1.72 bits per heavy atom. The van der Waals surface area contributed by atoms with Gasteiger partial charge in [-0.1, -0.05) is 111 Å². The number of nitrogens with one attached hydrogen (secondary N) is 4. The van der Waals surface area contributed by atoms with Crippen molar-refractivity contribution >= 4 is 29.4 Å². The van der Waals surface area contributed by atoms with Gasteiger partial charge in [-0.3, -0.25) is 44.1 Å². The maximum absolute atomic E-state index is 14.5. The molecule has 1 spiro atoms. The number of rotatable bonds is 24. The molecule has 4 amide bonds. The molecule has 0 saturated carbocycles. The standard InChI is InChI=1S/C46H71N9O7.C3H6O.C2H6.4H2/c1-9-17-34(38(56)26-61-29-49-31(5)33-18-14-13-15-19-33)50-42(58)37-24-46(54(12-4)44(60)36-20-16-23-55(36)46)28-53(37)30-62-27-39(45(6,7)8)51-43(59)40(32(10-2)11-3)52-41(57)35-25-47-21-22-48-35;1-2-3-4;1-2;;;;/h13-15,18-19,21-22,25,31-32,34,36-37,39-40,49H,9-12,16-17,20,23-24,26-30H2,1-8H3,(H,50,58)(H,51,59)(H,52,57);2,4H,1,3H2;1-2H3;4*1H/t31-,34?,36?,37-,39+,40-,46?;;;;;;/m0....../s1. The molecule has 7 atom stereocenters. The van der Waals surface area contributed by atoms with Gasteiger partial charge in [0.05, 0.1) is 57.0 Å².